The number of nitrogens with one attached hydrogen (secondary N) is 1. The molecule has 0 aromatic heterocycles. The number of carbonyl (C=O) groups excluding carboxylic acids is 1. The smallest absolute Gasteiger partial charge is 0.239 e. The van der Waals surface area contributed by atoms with Gasteiger partial charge in [-0.15, -0.1) is 0 Å². The molecular weight excluding hydrogens is 307 g/mol. The van der Waals surface area contributed by atoms with Gasteiger partial charge in [-0.3, -0.25) is 9.36 Å². The Bertz CT molecular complexity index is 399. The third kappa shape index (κ3) is 7.20. The van der Waals surface area contributed by atoms with Crippen LogP contribution in [0.4, 0.5) is 0 Å². The van der Waals surface area contributed by atoms with E-state index in [9.17, 15) is 24.5 Å². The van der Waals surface area contributed by atoms with Crippen molar-refractivity contribution in [2.75, 3.05) is 18.9 Å². The fourth-order valence-corrected chi connectivity index (χ4v) is 4.91. The highest BCUT2D eigenvalue weighted by Gasteiger charge is 2.28. The Morgan fingerprint density at radius 3 is 2.45 bits per heavy atom. The molecule has 7 nitrogen and oxygen atoms in total. The second kappa shape index (κ2) is 8.99. The molecule has 1 amide bonds. The summed E-state index contributed by atoms with van der Waals surface area (Å²) in [7, 11) is -3.40. The van der Waals surface area contributed by atoms with Gasteiger partial charge in [0.05, 0.1) is 18.4 Å². The van der Waals surface area contributed by atoms with Gasteiger partial charge in [0.25, 0.3) is 0 Å². The standard InChI is InChI=1S/C14H29N2O5P/c1-10(17)13(15)14(19)16-7-12(18)9-22(20,21)8-11-5-3-2-4-6-11/h10-13,17-18H,2-9,15H2,1H3,(H,16,19)(H,20,21)/t10?,12-,13?/m0/s1. The lowest BCUT2D eigenvalue weighted by Gasteiger charge is -2.25. The minimum absolute atomic E-state index is 0.144. The minimum atomic E-state index is -3.40. The first-order chi connectivity index (χ1) is 10.2. The summed E-state index contributed by atoms with van der Waals surface area (Å²) in [6.07, 6.45) is 3.25. The van der Waals surface area contributed by atoms with E-state index >= 15 is 0 Å². The zero-order valence-corrected chi connectivity index (χ0v) is 14.0. The van der Waals surface area contributed by atoms with Gasteiger partial charge in [0.2, 0.25) is 13.3 Å². The summed E-state index contributed by atoms with van der Waals surface area (Å²) in [5.74, 6) is -0.330. The zero-order chi connectivity index (χ0) is 16.8. The maximum absolute atomic E-state index is 12.2. The highest BCUT2D eigenvalue weighted by Crippen LogP contribution is 2.45. The fraction of sp³-hybridized carbons (Fsp3) is 0.929. The van der Waals surface area contributed by atoms with Crippen LogP contribution in [-0.2, 0) is 9.36 Å². The summed E-state index contributed by atoms with van der Waals surface area (Å²) in [5.41, 5.74) is 5.45. The highest BCUT2D eigenvalue weighted by molar-refractivity contribution is 7.58. The van der Waals surface area contributed by atoms with Crippen LogP contribution in [0, 0.1) is 5.92 Å². The van der Waals surface area contributed by atoms with Crippen molar-refractivity contribution in [1.82, 2.24) is 5.32 Å². The van der Waals surface area contributed by atoms with E-state index in [0.29, 0.717) is 0 Å². The van der Waals surface area contributed by atoms with Crippen LogP contribution >= 0.6 is 7.37 Å². The highest BCUT2D eigenvalue weighted by atomic mass is 31.2. The molecule has 0 aliphatic heterocycles. The van der Waals surface area contributed by atoms with Gasteiger partial charge in [0.1, 0.15) is 6.04 Å². The quantitative estimate of drug-likeness (QED) is 0.397. The number of hydrogen-bond donors (Lipinski definition) is 5. The van der Waals surface area contributed by atoms with Gasteiger partial charge in [0, 0.05) is 12.7 Å². The second-order valence-electron chi connectivity index (χ2n) is 6.38. The van der Waals surface area contributed by atoms with E-state index in [1.54, 1.807) is 0 Å². The number of aliphatic hydroxyl groups excluding tert-OH is 2. The van der Waals surface area contributed by atoms with Crippen molar-refractivity contribution in [3.8, 4) is 0 Å². The third-order valence-electron chi connectivity index (χ3n) is 4.10. The van der Waals surface area contributed by atoms with Crippen molar-refractivity contribution >= 4 is 13.3 Å². The molecule has 8 heteroatoms. The van der Waals surface area contributed by atoms with Gasteiger partial charge < -0.3 is 26.2 Å². The fourth-order valence-electron chi connectivity index (χ4n) is 2.80. The van der Waals surface area contributed by atoms with E-state index in [2.05, 4.69) is 5.32 Å². The monoisotopic (exact) mass is 336 g/mol. The van der Waals surface area contributed by atoms with Crippen LogP contribution in [-0.4, -0.2) is 58.1 Å². The molecule has 3 unspecified atom stereocenters. The van der Waals surface area contributed by atoms with E-state index in [4.69, 9.17) is 5.73 Å². The van der Waals surface area contributed by atoms with Crippen molar-refractivity contribution in [2.45, 2.75) is 57.3 Å². The molecule has 22 heavy (non-hydrogen) atoms. The summed E-state index contributed by atoms with van der Waals surface area (Å²) in [6, 6.07) is -1.07. The van der Waals surface area contributed by atoms with Crippen LogP contribution in [0.15, 0.2) is 0 Å². The SMILES string of the molecule is CC(O)C(N)C(=O)NC[C@H](O)CP(=O)(O)CC1CCCCC1. The van der Waals surface area contributed by atoms with Crippen molar-refractivity contribution in [3.05, 3.63) is 0 Å². The molecule has 1 fully saturated rings. The molecule has 0 saturated heterocycles. The molecule has 0 aromatic rings. The van der Waals surface area contributed by atoms with Crippen molar-refractivity contribution in [2.24, 2.45) is 11.7 Å². The van der Waals surface area contributed by atoms with Gasteiger partial charge in [-0.25, -0.2) is 0 Å². The van der Waals surface area contributed by atoms with Crippen molar-refractivity contribution in [3.63, 3.8) is 0 Å². The lowest BCUT2D eigenvalue weighted by Crippen LogP contribution is -2.49. The largest absolute Gasteiger partial charge is 0.391 e. The summed E-state index contributed by atoms with van der Waals surface area (Å²) in [5, 5.41) is 21.4. The molecule has 0 bridgehead atoms. The average molecular weight is 336 g/mol. The molecule has 6 N–H and O–H groups in total. The van der Waals surface area contributed by atoms with Gasteiger partial charge in [-0.1, -0.05) is 19.3 Å². The minimum Gasteiger partial charge on any atom is -0.391 e. The van der Waals surface area contributed by atoms with Crippen LogP contribution in [0.3, 0.4) is 0 Å². The first-order valence-corrected chi connectivity index (χ1v) is 9.94. The zero-order valence-electron chi connectivity index (χ0n) is 13.1. The molecule has 1 aliphatic rings. The Balaban J connectivity index is 2.34. The Labute approximate surface area is 131 Å². The van der Waals surface area contributed by atoms with E-state index in [1.165, 1.54) is 13.3 Å². The van der Waals surface area contributed by atoms with Gasteiger partial charge in [0.15, 0.2) is 0 Å². The normalized spacial score (nSPS) is 23.3. The topological polar surface area (TPSA) is 133 Å². The lowest BCUT2D eigenvalue weighted by molar-refractivity contribution is -0.124. The lowest BCUT2D eigenvalue weighted by atomic mass is 9.91. The second-order valence-corrected chi connectivity index (χ2v) is 8.80. The first-order valence-electron chi connectivity index (χ1n) is 7.91. The van der Waals surface area contributed by atoms with E-state index in [1.807, 2.05) is 0 Å². The number of carbonyl (C=O) groups is 1. The number of aliphatic hydroxyl groups is 2. The number of hydrogen-bond acceptors (Lipinski definition) is 5. The maximum atomic E-state index is 12.2. The summed E-state index contributed by atoms with van der Waals surface area (Å²) >= 11 is 0. The molecular formula is C14H29N2O5P. The molecule has 0 aromatic carbocycles. The summed E-state index contributed by atoms with van der Waals surface area (Å²) < 4.78 is 12.2. The molecule has 130 valence electrons. The van der Waals surface area contributed by atoms with Crippen LogP contribution < -0.4 is 11.1 Å². The average Bonchev–Trinajstić information content (AvgIpc) is 2.43. The Kier molecular flexibility index (Phi) is 8.00. The molecule has 1 rings (SSSR count). The number of rotatable bonds is 8. The van der Waals surface area contributed by atoms with Crippen LogP contribution in [0.1, 0.15) is 39.0 Å². The molecule has 4 atom stereocenters. The Morgan fingerprint density at radius 2 is 1.91 bits per heavy atom. The third-order valence-corrected chi connectivity index (χ3v) is 6.18. The summed E-state index contributed by atoms with van der Waals surface area (Å²) in [6.45, 7) is 1.25. The molecule has 0 spiro atoms. The van der Waals surface area contributed by atoms with Crippen molar-refractivity contribution in [1.29, 1.82) is 0 Å². The van der Waals surface area contributed by atoms with Crippen LogP contribution in [0.25, 0.3) is 0 Å². The molecule has 1 saturated carbocycles. The predicted molar refractivity (Wildman–Crippen MR) is 84.8 cm³/mol. The summed E-state index contributed by atoms with van der Waals surface area (Å²) in [4.78, 5) is 21.6. The first kappa shape index (κ1) is 19.6. The van der Waals surface area contributed by atoms with E-state index < -0.39 is 31.5 Å². The Morgan fingerprint density at radius 1 is 1.32 bits per heavy atom. The van der Waals surface area contributed by atoms with E-state index in [0.717, 1.165) is 25.7 Å². The molecule has 0 heterocycles. The molecule has 0 radical (unpaired) electrons. The van der Waals surface area contributed by atoms with Gasteiger partial charge >= 0.3 is 0 Å². The molecule has 1 aliphatic carbocycles. The van der Waals surface area contributed by atoms with Crippen molar-refractivity contribution < 1.29 is 24.5 Å². The van der Waals surface area contributed by atoms with Crippen LogP contribution in [0.2, 0.25) is 0 Å². The van der Waals surface area contributed by atoms with Crippen LogP contribution in [0.5, 0.6) is 0 Å². The number of nitrogens with two attached hydrogens (primary N) is 1. The Hall–Kier alpha value is -0.460. The van der Waals surface area contributed by atoms with Gasteiger partial charge in [-0.05, 0) is 25.7 Å². The van der Waals surface area contributed by atoms with Gasteiger partial charge in [-0.2, -0.15) is 0 Å². The number of amides is 1. The predicted octanol–water partition coefficient (Wildman–Crippen LogP) is 0.0223. The van der Waals surface area contributed by atoms with E-state index in [-0.39, 0.29) is 24.8 Å². The maximum Gasteiger partial charge on any atom is 0.239 e.